The zero-order chi connectivity index (χ0) is 10.7. The summed E-state index contributed by atoms with van der Waals surface area (Å²) in [5.41, 5.74) is 0.577. The molecule has 1 saturated heterocycles. The fourth-order valence-corrected chi connectivity index (χ4v) is 1.70. The molecule has 5 nitrogen and oxygen atoms in total. The lowest BCUT2D eigenvalue weighted by atomic mass is 10.2. The molecule has 15 heavy (non-hydrogen) atoms. The molecule has 2 rings (SSSR count). The van der Waals surface area contributed by atoms with Crippen LogP contribution in [0.25, 0.3) is 0 Å². The number of hydrogen-bond acceptors (Lipinski definition) is 3. The third kappa shape index (κ3) is 2.36. The maximum atomic E-state index is 11.7. The topological polar surface area (TPSA) is 56.2 Å². The van der Waals surface area contributed by atoms with Crippen molar-refractivity contribution in [1.29, 1.82) is 0 Å². The molecule has 1 aromatic rings. The second kappa shape index (κ2) is 4.44. The van der Waals surface area contributed by atoms with E-state index in [4.69, 9.17) is 4.74 Å². The molecule has 1 fully saturated rings. The van der Waals surface area contributed by atoms with Crippen LogP contribution in [0.4, 0.5) is 0 Å². The first kappa shape index (κ1) is 10.2. The van der Waals surface area contributed by atoms with Crippen LogP contribution in [0.2, 0.25) is 0 Å². The van der Waals surface area contributed by atoms with Gasteiger partial charge >= 0.3 is 0 Å². The molecule has 1 aliphatic heterocycles. The first-order valence-corrected chi connectivity index (χ1v) is 5.15. The normalized spacial score (nSPS) is 20.5. The van der Waals surface area contributed by atoms with Gasteiger partial charge in [-0.05, 0) is 18.9 Å². The lowest BCUT2D eigenvalue weighted by Gasteiger charge is -2.10. The first-order chi connectivity index (χ1) is 7.27. The van der Waals surface area contributed by atoms with Gasteiger partial charge in [0.2, 0.25) is 0 Å². The van der Waals surface area contributed by atoms with Gasteiger partial charge in [-0.1, -0.05) is 0 Å². The maximum Gasteiger partial charge on any atom is 0.269 e. The van der Waals surface area contributed by atoms with Crippen LogP contribution in [0.1, 0.15) is 23.3 Å². The summed E-state index contributed by atoms with van der Waals surface area (Å²) in [4.78, 5) is 11.7. The number of carbonyl (C=O) groups is 1. The van der Waals surface area contributed by atoms with E-state index in [1.165, 1.54) is 0 Å². The van der Waals surface area contributed by atoms with Gasteiger partial charge in [0.1, 0.15) is 5.69 Å². The molecule has 0 aromatic carbocycles. The molecule has 0 saturated carbocycles. The molecule has 82 valence electrons. The minimum atomic E-state index is -0.0921. The summed E-state index contributed by atoms with van der Waals surface area (Å²) >= 11 is 0. The number of aromatic nitrogens is 2. The zero-order valence-corrected chi connectivity index (χ0v) is 8.77. The Morgan fingerprint density at radius 1 is 1.80 bits per heavy atom. The predicted molar refractivity (Wildman–Crippen MR) is 54.5 cm³/mol. The van der Waals surface area contributed by atoms with Crippen molar-refractivity contribution in [1.82, 2.24) is 15.1 Å². The van der Waals surface area contributed by atoms with E-state index in [0.717, 1.165) is 19.4 Å². The number of rotatable bonds is 3. The van der Waals surface area contributed by atoms with Crippen LogP contribution in [0.15, 0.2) is 12.3 Å². The average Bonchev–Trinajstić information content (AvgIpc) is 2.84. The molecular formula is C10H15N3O2. The number of amides is 1. The number of carbonyl (C=O) groups excluding carboxylic acids is 1. The number of nitrogens with zero attached hydrogens (tertiary/aromatic N) is 2. The van der Waals surface area contributed by atoms with Crippen LogP contribution < -0.4 is 5.32 Å². The molecule has 1 aliphatic rings. The van der Waals surface area contributed by atoms with Crippen LogP contribution in [0, 0.1) is 0 Å². The van der Waals surface area contributed by atoms with E-state index in [0.29, 0.717) is 12.2 Å². The van der Waals surface area contributed by atoms with Crippen LogP contribution in [-0.4, -0.2) is 34.9 Å². The lowest BCUT2D eigenvalue weighted by molar-refractivity contribution is 0.0850. The lowest BCUT2D eigenvalue weighted by Crippen LogP contribution is -2.32. The average molecular weight is 209 g/mol. The quantitative estimate of drug-likeness (QED) is 0.780. The molecule has 5 heteroatoms. The highest BCUT2D eigenvalue weighted by molar-refractivity contribution is 5.92. The zero-order valence-electron chi connectivity index (χ0n) is 8.77. The Bertz CT molecular complexity index is 342. The van der Waals surface area contributed by atoms with Crippen molar-refractivity contribution >= 4 is 5.91 Å². The standard InChI is InChI=1S/C10H15N3O2/c1-13-9(4-5-12-13)10(14)11-7-8-3-2-6-15-8/h4-5,8H,2-3,6-7H2,1H3,(H,11,14). The Morgan fingerprint density at radius 2 is 2.67 bits per heavy atom. The maximum absolute atomic E-state index is 11.7. The van der Waals surface area contributed by atoms with E-state index in [-0.39, 0.29) is 12.0 Å². The van der Waals surface area contributed by atoms with Gasteiger partial charge in [0, 0.05) is 26.4 Å². The third-order valence-corrected chi connectivity index (χ3v) is 2.57. The Labute approximate surface area is 88.4 Å². The van der Waals surface area contributed by atoms with Crippen molar-refractivity contribution in [3.8, 4) is 0 Å². The molecule has 0 radical (unpaired) electrons. The van der Waals surface area contributed by atoms with Gasteiger partial charge in [0.15, 0.2) is 0 Å². The third-order valence-electron chi connectivity index (χ3n) is 2.57. The molecule has 0 spiro atoms. The number of hydrogen-bond donors (Lipinski definition) is 1. The minimum absolute atomic E-state index is 0.0921. The summed E-state index contributed by atoms with van der Waals surface area (Å²) in [6, 6.07) is 1.70. The smallest absolute Gasteiger partial charge is 0.269 e. The van der Waals surface area contributed by atoms with Gasteiger partial charge in [0.25, 0.3) is 5.91 Å². The number of aryl methyl sites for hydroxylation is 1. The second-order valence-corrected chi connectivity index (χ2v) is 3.69. The van der Waals surface area contributed by atoms with Crippen LogP contribution in [-0.2, 0) is 11.8 Å². The van der Waals surface area contributed by atoms with E-state index in [9.17, 15) is 4.79 Å². The predicted octanol–water partition coefficient (Wildman–Crippen LogP) is 0.329. The summed E-state index contributed by atoms with van der Waals surface area (Å²) in [6.07, 6.45) is 3.92. The molecule has 1 unspecified atom stereocenters. The molecule has 1 N–H and O–H groups in total. The molecular weight excluding hydrogens is 194 g/mol. The van der Waals surface area contributed by atoms with Gasteiger partial charge < -0.3 is 10.1 Å². The van der Waals surface area contributed by atoms with Gasteiger partial charge in [-0.15, -0.1) is 0 Å². The Hall–Kier alpha value is -1.36. The van der Waals surface area contributed by atoms with E-state index < -0.39 is 0 Å². The van der Waals surface area contributed by atoms with Crippen molar-refractivity contribution in [3.05, 3.63) is 18.0 Å². The van der Waals surface area contributed by atoms with E-state index >= 15 is 0 Å². The second-order valence-electron chi connectivity index (χ2n) is 3.69. The molecule has 1 amide bonds. The Balaban J connectivity index is 1.84. The van der Waals surface area contributed by atoms with Crippen molar-refractivity contribution in [2.45, 2.75) is 18.9 Å². The first-order valence-electron chi connectivity index (χ1n) is 5.15. The molecule has 2 heterocycles. The van der Waals surface area contributed by atoms with Crippen molar-refractivity contribution in [2.75, 3.05) is 13.2 Å². The van der Waals surface area contributed by atoms with Crippen LogP contribution in [0.3, 0.4) is 0 Å². The molecule has 1 atom stereocenters. The van der Waals surface area contributed by atoms with Gasteiger partial charge in [-0.3, -0.25) is 9.48 Å². The van der Waals surface area contributed by atoms with Gasteiger partial charge in [-0.25, -0.2) is 0 Å². The molecule has 1 aromatic heterocycles. The molecule has 0 bridgehead atoms. The SMILES string of the molecule is Cn1nccc1C(=O)NCC1CCCO1. The Kier molecular flexibility index (Phi) is 3.01. The summed E-state index contributed by atoms with van der Waals surface area (Å²) in [5.74, 6) is -0.0921. The fraction of sp³-hybridized carbons (Fsp3) is 0.600. The highest BCUT2D eigenvalue weighted by atomic mass is 16.5. The van der Waals surface area contributed by atoms with Crippen molar-refractivity contribution in [2.24, 2.45) is 7.05 Å². The van der Waals surface area contributed by atoms with E-state index in [1.54, 1.807) is 24.0 Å². The monoisotopic (exact) mass is 209 g/mol. The number of ether oxygens (including phenoxy) is 1. The summed E-state index contributed by atoms with van der Waals surface area (Å²) in [7, 11) is 1.75. The fourth-order valence-electron chi connectivity index (χ4n) is 1.70. The minimum Gasteiger partial charge on any atom is -0.376 e. The number of nitrogens with one attached hydrogen (secondary N) is 1. The van der Waals surface area contributed by atoms with Crippen molar-refractivity contribution in [3.63, 3.8) is 0 Å². The van der Waals surface area contributed by atoms with Crippen molar-refractivity contribution < 1.29 is 9.53 Å². The highest BCUT2D eigenvalue weighted by Gasteiger charge is 2.17. The molecule has 0 aliphatic carbocycles. The van der Waals surface area contributed by atoms with Gasteiger partial charge in [-0.2, -0.15) is 5.10 Å². The largest absolute Gasteiger partial charge is 0.376 e. The summed E-state index contributed by atoms with van der Waals surface area (Å²) in [5, 5.41) is 6.79. The van der Waals surface area contributed by atoms with E-state index in [1.807, 2.05) is 0 Å². The van der Waals surface area contributed by atoms with E-state index in [2.05, 4.69) is 10.4 Å². The van der Waals surface area contributed by atoms with Gasteiger partial charge in [0.05, 0.1) is 6.10 Å². The summed E-state index contributed by atoms with van der Waals surface area (Å²) in [6.45, 7) is 1.40. The van der Waals surface area contributed by atoms with Crippen LogP contribution >= 0.6 is 0 Å². The van der Waals surface area contributed by atoms with Crippen LogP contribution in [0.5, 0.6) is 0 Å². The highest BCUT2D eigenvalue weighted by Crippen LogP contribution is 2.10. The Morgan fingerprint density at radius 3 is 3.27 bits per heavy atom. The summed E-state index contributed by atoms with van der Waals surface area (Å²) < 4.78 is 6.97.